The molecule has 2 N–H and O–H groups in total. The van der Waals surface area contributed by atoms with Crippen LogP contribution in [0.25, 0.3) is 0 Å². The van der Waals surface area contributed by atoms with E-state index in [0.717, 1.165) is 4.90 Å². The summed E-state index contributed by atoms with van der Waals surface area (Å²) in [5, 5.41) is 6.34. The summed E-state index contributed by atoms with van der Waals surface area (Å²) in [6, 6.07) is 10.5. The molecule has 0 bridgehead atoms. The number of nitrogens with zero attached hydrogens (tertiary/aromatic N) is 1. The molecule has 2 aromatic rings. The van der Waals surface area contributed by atoms with E-state index in [9.17, 15) is 14.4 Å². The molecule has 0 aromatic heterocycles. The lowest BCUT2D eigenvalue weighted by Crippen LogP contribution is -2.42. The molecule has 0 aliphatic carbocycles. The number of benzene rings is 2. The quantitative estimate of drug-likeness (QED) is 0.724. The highest BCUT2D eigenvalue weighted by Gasteiger charge is 2.49. The van der Waals surface area contributed by atoms with Crippen molar-refractivity contribution in [2.45, 2.75) is 12.5 Å². The van der Waals surface area contributed by atoms with Gasteiger partial charge in [-0.05, 0) is 42.8 Å². The maximum Gasteiger partial charge on any atom is 0.325 e. The van der Waals surface area contributed by atoms with Gasteiger partial charge in [0, 0.05) is 10.7 Å². The minimum Gasteiger partial charge on any atom is -0.324 e. The number of urea groups is 1. The van der Waals surface area contributed by atoms with Crippen LogP contribution in [0.4, 0.5) is 10.5 Å². The topological polar surface area (TPSA) is 78.5 Å². The van der Waals surface area contributed by atoms with E-state index >= 15 is 0 Å². The monoisotopic (exact) mass is 425 g/mol. The highest BCUT2D eigenvalue weighted by molar-refractivity contribution is 6.42. The third kappa shape index (κ3) is 3.88. The Kier molecular flexibility index (Phi) is 5.33. The second-order valence-electron chi connectivity index (χ2n) is 6.13. The fourth-order valence-corrected chi connectivity index (χ4v) is 3.16. The van der Waals surface area contributed by atoms with Gasteiger partial charge in [0.2, 0.25) is 5.91 Å². The third-order valence-corrected chi connectivity index (χ3v) is 5.19. The largest absolute Gasteiger partial charge is 0.325 e. The molecule has 1 heterocycles. The summed E-state index contributed by atoms with van der Waals surface area (Å²) in [5.74, 6) is -1.07. The van der Waals surface area contributed by atoms with Gasteiger partial charge in [-0.2, -0.15) is 0 Å². The molecule has 1 atom stereocenters. The van der Waals surface area contributed by atoms with E-state index < -0.39 is 29.9 Å². The third-order valence-electron chi connectivity index (χ3n) is 4.20. The van der Waals surface area contributed by atoms with Gasteiger partial charge in [-0.1, -0.05) is 46.9 Å². The molecule has 9 heteroatoms. The van der Waals surface area contributed by atoms with E-state index in [0.29, 0.717) is 21.3 Å². The van der Waals surface area contributed by atoms with Gasteiger partial charge in [-0.15, -0.1) is 0 Å². The molecule has 1 aliphatic heterocycles. The average Bonchev–Trinajstić information content (AvgIpc) is 2.83. The van der Waals surface area contributed by atoms with E-state index in [2.05, 4.69) is 10.6 Å². The van der Waals surface area contributed by atoms with E-state index in [1.165, 1.54) is 12.1 Å². The normalized spacial score (nSPS) is 19.2. The van der Waals surface area contributed by atoms with Crippen LogP contribution < -0.4 is 10.6 Å². The summed E-state index contributed by atoms with van der Waals surface area (Å²) in [6.07, 6.45) is 0. The van der Waals surface area contributed by atoms with Crippen molar-refractivity contribution in [1.82, 2.24) is 10.2 Å². The Morgan fingerprint density at radius 2 is 1.74 bits per heavy atom. The predicted octanol–water partition coefficient (Wildman–Crippen LogP) is 4.05. The van der Waals surface area contributed by atoms with Crippen LogP contribution in [-0.4, -0.2) is 29.3 Å². The Hall–Kier alpha value is -2.28. The molecule has 1 fully saturated rings. The number of carbonyl (C=O) groups is 3. The molecule has 1 unspecified atom stereocenters. The van der Waals surface area contributed by atoms with Crippen LogP contribution in [0.1, 0.15) is 12.5 Å². The van der Waals surface area contributed by atoms with Crippen molar-refractivity contribution in [3.8, 4) is 0 Å². The second kappa shape index (κ2) is 7.38. The Morgan fingerprint density at radius 3 is 2.37 bits per heavy atom. The Labute approximate surface area is 170 Å². The Bertz CT molecular complexity index is 933. The van der Waals surface area contributed by atoms with Crippen LogP contribution in [0.5, 0.6) is 0 Å². The molecule has 0 saturated carbocycles. The highest BCUT2D eigenvalue weighted by atomic mass is 35.5. The molecule has 0 spiro atoms. The first-order valence-electron chi connectivity index (χ1n) is 7.86. The highest BCUT2D eigenvalue weighted by Crippen LogP contribution is 2.30. The van der Waals surface area contributed by atoms with Crippen LogP contribution >= 0.6 is 34.8 Å². The van der Waals surface area contributed by atoms with Crippen LogP contribution in [0.3, 0.4) is 0 Å². The number of nitrogens with one attached hydrogen (secondary N) is 2. The average molecular weight is 427 g/mol. The van der Waals surface area contributed by atoms with E-state index in [4.69, 9.17) is 34.8 Å². The molecule has 4 amide bonds. The lowest BCUT2D eigenvalue weighted by Gasteiger charge is -2.22. The molecule has 27 heavy (non-hydrogen) atoms. The first kappa shape index (κ1) is 19.5. The van der Waals surface area contributed by atoms with Crippen molar-refractivity contribution in [3.63, 3.8) is 0 Å². The second-order valence-corrected chi connectivity index (χ2v) is 7.38. The molecule has 1 saturated heterocycles. The zero-order valence-corrected chi connectivity index (χ0v) is 16.3. The zero-order chi connectivity index (χ0) is 19.8. The summed E-state index contributed by atoms with van der Waals surface area (Å²) in [4.78, 5) is 38.2. The fourth-order valence-electron chi connectivity index (χ4n) is 2.74. The lowest BCUT2D eigenvalue weighted by molar-refractivity contribution is -0.133. The first-order chi connectivity index (χ1) is 12.7. The minimum absolute atomic E-state index is 0.278. The van der Waals surface area contributed by atoms with E-state index in [-0.39, 0.29) is 5.02 Å². The molecule has 6 nitrogen and oxygen atoms in total. The van der Waals surface area contributed by atoms with Crippen molar-refractivity contribution in [3.05, 3.63) is 63.1 Å². The summed E-state index contributed by atoms with van der Waals surface area (Å²) >= 11 is 17.6. The molecular formula is C18H14Cl3N3O3. The molecule has 1 aliphatic rings. The van der Waals surface area contributed by atoms with Gasteiger partial charge in [0.1, 0.15) is 12.1 Å². The summed E-state index contributed by atoms with van der Waals surface area (Å²) in [5.41, 5.74) is -0.300. The SMILES string of the molecule is CC1(c2ccc(Cl)cc2)NC(=O)N(CC(=O)Nc2ccc(Cl)c(Cl)c2)C1=O. The van der Waals surface area contributed by atoms with Crippen LogP contribution in [0, 0.1) is 0 Å². The minimum atomic E-state index is -1.27. The van der Waals surface area contributed by atoms with Crippen LogP contribution in [-0.2, 0) is 15.1 Å². The molecule has 3 rings (SSSR count). The number of amides is 4. The number of anilines is 1. The molecular weight excluding hydrogens is 413 g/mol. The lowest BCUT2D eigenvalue weighted by atomic mass is 9.92. The van der Waals surface area contributed by atoms with Crippen molar-refractivity contribution in [2.24, 2.45) is 0 Å². The fraction of sp³-hybridized carbons (Fsp3) is 0.167. The van der Waals surface area contributed by atoms with Crippen molar-refractivity contribution < 1.29 is 14.4 Å². The predicted molar refractivity (Wildman–Crippen MR) is 104 cm³/mol. The Balaban J connectivity index is 1.74. The first-order valence-corrected chi connectivity index (χ1v) is 8.99. The summed E-state index contributed by atoms with van der Waals surface area (Å²) < 4.78 is 0. The number of carbonyl (C=O) groups excluding carboxylic acids is 3. The van der Waals surface area contributed by atoms with Crippen molar-refractivity contribution >= 4 is 58.3 Å². The number of hydrogen-bond donors (Lipinski definition) is 2. The Morgan fingerprint density at radius 1 is 1.07 bits per heavy atom. The number of imide groups is 1. The summed E-state index contributed by atoms with van der Waals surface area (Å²) in [7, 11) is 0. The maximum atomic E-state index is 12.8. The van der Waals surface area contributed by atoms with E-state index in [1.54, 1.807) is 37.3 Å². The van der Waals surface area contributed by atoms with Gasteiger partial charge in [0.05, 0.1) is 10.0 Å². The molecule has 2 aromatic carbocycles. The van der Waals surface area contributed by atoms with Crippen molar-refractivity contribution in [2.75, 3.05) is 11.9 Å². The number of hydrogen-bond acceptors (Lipinski definition) is 3. The van der Waals surface area contributed by atoms with Gasteiger partial charge >= 0.3 is 6.03 Å². The van der Waals surface area contributed by atoms with E-state index in [1.807, 2.05) is 0 Å². The van der Waals surface area contributed by atoms with Gasteiger partial charge < -0.3 is 10.6 Å². The van der Waals surface area contributed by atoms with Gasteiger partial charge in [-0.25, -0.2) is 4.79 Å². The zero-order valence-electron chi connectivity index (χ0n) is 14.1. The van der Waals surface area contributed by atoms with Gasteiger partial charge in [0.15, 0.2) is 0 Å². The summed E-state index contributed by atoms with van der Waals surface area (Å²) in [6.45, 7) is 1.14. The standard InChI is InChI=1S/C18H14Cl3N3O3/c1-18(10-2-4-11(19)5-3-10)16(26)24(17(27)23-18)9-15(25)22-12-6-7-13(20)14(21)8-12/h2-8H,9H2,1H3,(H,22,25)(H,23,27). The maximum absolute atomic E-state index is 12.8. The smallest absolute Gasteiger partial charge is 0.324 e. The molecule has 0 radical (unpaired) electrons. The van der Waals surface area contributed by atoms with Crippen LogP contribution in [0.2, 0.25) is 15.1 Å². The number of rotatable bonds is 4. The van der Waals surface area contributed by atoms with Gasteiger partial charge in [0.25, 0.3) is 5.91 Å². The van der Waals surface area contributed by atoms with Crippen LogP contribution in [0.15, 0.2) is 42.5 Å². The number of halogens is 3. The van der Waals surface area contributed by atoms with Gasteiger partial charge in [-0.3, -0.25) is 14.5 Å². The molecule has 140 valence electrons. The van der Waals surface area contributed by atoms with Crippen molar-refractivity contribution in [1.29, 1.82) is 0 Å².